The van der Waals surface area contributed by atoms with Crippen molar-refractivity contribution in [2.24, 2.45) is 4.99 Å². The Balaban J connectivity index is 2.44. The molecule has 0 saturated heterocycles. The van der Waals surface area contributed by atoms with Crippen LogP contribution < -0.4 is 0 Å². The van der Waals surface area contributed by atoms with Crippen LogP contribution in [0.15, 0.2) is 65.7 Å². The topological polar surface area (TPSA) is 65.0 Å². The predicted molar refractivity (Wildman–Crippen MR) is 109 cm³/mol. The van der Waals surface area contributed by atoms with Crippen LogP contribution in [0.3, 0.4) is 0 Å². The number of ether oxygens (including phenoxy) is 2. The van der Waals surface area contributed by atoms with Crippen LogP contribution in [0.5, 0.6) is 0 Å². The second kappa shape index (κ2) is 9.83. The summed E-state index contributed by atoms with van der Waals surface area (Å²) in [4.78, 5) is 29.1. The Morgan fingerprint density at radius 3 is 1.86 bits per heavy atom. The minimum atomic E-state index is -0.811. The quantitative estimate of drug-likeness (QED) is 0.533. The standard InChI is InChI=1S/C23H27NO4/c1-23(2,3)28-22(26)19(15-16-20(25)27-4)24-21(17-11-7-5-8-12-17)18-13-9-6-10-14-18/h5-14,19H,15-16H2,1-4H3/t19-/m1/s1. The van der Waals surface area contributed by atoms with Crippen LogP contribution in [0.2, 0.25) is 0 Å². The van der Waals surface area contributed by atoms with Gasteiger partial charge in [-0.1, -0.05) is 60.7 Å². The van der Waals surface area contributed by atoms with E-state index in [1.165, 1.54) is 7.11 Å². The molecule has 0 spiro atoms. The van der Waals surface area contributed by atoms with Crippen molar-refractivity contribution in [3.63, 3.8) is 0 Å². The fourth-order valence-corrected chi connectivity index (χ4v) is 2.63. The summed E-state index contributed by atoms with van der Waals surface area (Å²) in [5.74, 6) is -0.842. The zero-order chi connectivity index (χ0) is 20.6. The van der Waals surface area contributed by atoms with E-state index in [9.17, 15) is 9.59 Å². The van der Waals surface area contributed by atoms with Crippen molar-refractivity contribution in [1.29, 1.82) is 0 Å². The Hall–Kier alpha value is -2.95. The molecule has 0 heterocycles. The highest BCUT2D eigenvalue weighted by molar-refractivity contribution is 6.13. The van der Waals surface area contributed by atoms with Gasteiger partial charge in [0.05, 0.1) is 12.8 Å². The smallest absolute Gasteiger partial charge is 0.331 e. The summed E-state index contributed by atoms with van der Waals surface area (Å²) in [6.45, 7) is 5.42. The molecule has 0 fully saturated rings. The van der Waals surface area contributed by atoms with E-state index in [0.29, 0.717) is 5.71 Å². The molecular formula is C23H27NO4. The van der Waals surface area contributed by atoms with Crippen LogP contribution in [-0.2, 0) is 19.1 Å². The van der Waals surface area contributed by atoms with Gasteiger partial charge in [0.2, 0.25) is 0 Å². The molecule has 2 aromatic carbocycles. The molecule has 0 aromatic heterocycles. The first-order valence-corrected chi connectivity index (χ1v) is 9.28. The average molecular weight is 381 g/mol. The van der Waals surface area contributed by atoms with E-state index >= 15 is 0 Å². The summed E-state index contributed by atoms with van der Waals surface area (Å²) in [5.41, 5.74) is 1.82. The van der Waals surface area contributed by atoms with Gasteiger partial charge in [0.1, 0.15) is 11.6 Å². The molecule has 2 aromatic rings. The van der Waals surface area contributed by atoms with Gasteiger partial charge in [0.25, 0.3) is 0 Å². The summed E-state index contributed by atoms with van der Waals surface area (Å²) in [6, 6.07) is 18.5. The normalized spacial score (nSPS) is 12.0. The first kappa shape index (κ1) is 21.4. The molecule has 2 rings (SSSR count). The Kier molecular flexibility index (Phi) is 7.50. The zero-order valence-corrected chi connectivity index (χ0v) is 16.8. The summed E-state index contributed by atoms with van der Waals surface area (Å²) in [7, 11) is 1.33. The number of hydrogen-bond acceptors (Lipinski definition) is 5. The number of nitrogens with zero attached hydrogens (tertiary/aromatic N) is 1. The lowest BCUT2D eigenvalue weighted by atomic mass is 10.0. The number of aliphatic imine (C=N–C) groups is 1. The summed E-state index contributed by atoms with van der Waals surface area (Å²) in [5, 5.41) is 0. The maximum atomic E-state index is 12.8. The number of benzene rings is 2. The SMILES string of the molecule is COC(=O)CC[C@@H](N=C(c1ccccc1)c1ccccc1)C(=O)OC(C)(C)C. The lowest BCUT2D eigenvalue weighted by Gasteiger charge is -2.23. The van der Waals surface area contributed by atoms with Gasteiger partial charge in [-0.25, -0.2) is 4.79 Å². The molecule has 0 aliphatic rings. The van der Waals surface area contributed by atoms with Gasteiger partial charge in [-0.3, -0.25) is 9.79 Å². The van der Waals surface area contributed by atoms with Crippen LogP contribution in [-0.4, -0.2) is 36.4 Å². The Morgan fingerprint density at radius 1 is 0.929 bits per heavy atom. The van der Waals surface area contributed by atoms with Crippen LogP contribution in [0.25, 0.3) is 0 Å². The molecule has 148 valence electrons. The highest BCUT2D eigenvalue weighted by Gasteiger charge is 2.26. The molecule has 0 bridgehead atoms. The van der Waals surface area contributed by atoms with Crippen LogP contribution in [0.4, 0.5) is 0 Å². The molecule has 1 atom stereocenters. The van der Waals surface area contributed by atoms with E-state index in [-0.39, 0.29) is 18.8 Å². The molecule has 0 unspecified atom stereocenters. The second-order valence-electron chi connectivity index (χ2n) is 7.37. The summed E-state index contributed by atoms with van der Waals surface area (Å²) < 4.78 is 10.3. The molecule has 0 saturated carbocycles. The lowest BCUT2D eigenvalue weighted by molar-refractivity contribution is -0.156. The monoisotopic (exact) mass is 381 g/mol. The summed E-state index contributed by atoms with van der Waals surface area (Å²) in [6.07, 6.45) is 0.297. The molecular weight excluding hydrogens is 354 g/mol. The van der Waals surface area contributed by atoms with Crippen molar-refractivity contribution < 1.29 is 19.1 Å². The predicted octanol–water partition coefficient (Wildman–Crippen LogP) is 4.19. The van der Waals surface area contributed by atoms with E-state index in [0.717, 1.165) is 11.1 Å². The van der Waals surface area contributed by atoms with E-state index in [1.54, 1.807) is 20.8 Å². The minimum absolute atomic E-state index is 0.0841. The van der Waals surface area contributed by atoms with Crippen molar-refractivity contribution in [3.05, 3.63) is 71.8 Å². The fraction of sp³-hybridized carbons (Fsp3) is 0.348. The van der Waals surface area contributed by atoms with Gasteiger partial charge in [0.15, 0.2) is 0 Å². The fourth-order valence-electron chi connectivity index (χ4n) is 2.63. The number of hydrogen-bond donors (Lipinski definition) is 0. The molecule has 28 heavy (non-hydrogen) atoms. The van der Waals surface area contributed by atoms with Crippen molar-refractivity contribution in [1.82, 2.24) is 0 Å². The van der Waals surface area contributed by atoms with Crippen molar-refractivity contribution in [3.8, 4) is 0 Å². The molecule has 0 amide bonds. The first-order chi connectivity index (χ1) is 13.3. The number of methoxy groups -OCH3 is 1. The van der Waals surface area contributed by atoms with Gasteiger partial charge in [-0.05, 0) is 27.2 Å². The van der Waals surface area contributed by atoms with Crippen LogP contribution >= 0.6 is 0 Å². The van der Waals surface area contributed by atoms with Gasteiger partial charge in [0, 0.05) is 17.5 Å². The van der Waals surface area contributed by atoms with Crippen molar-refractivity contribution in [2.75, 3.05) is 7.11 Å². The largest absolute Gasteiger partial charge is 0.469 e. The highest BCUT2D eigenvalue weighted by atomic mass is 16.6. The molecule has 0 radical (unpaired) electrons. The third-order valence-electron chi connectivity index (χ3n) is 3.91. The van der Waals surface area contributed by atoms with E-state index < -0.39 is 17.6 Å². The van der Waals surface area contributed by atoms with Gasteiger partial charge >= 0.3 is 11.9 Å². The Morgan fingerprint density at radius 2 is 1.43 bits per heavy atom. The van der Waals surface area contributed by atoms with Crippen LogP contribution in [0.1, 0.15) is 44.7 Å². The minimum Gasteiger partial charge on any atom is -0.469 e. The van der Waals surface area contributed by atoms with Crippen LogP contribution in [0, 0.1) is 0 Å². The number of carbonyl (C=O) groups is 2. The third-order valence-corrected chi connectivity index (χ3v) is 3.91. The number of esters is 2. The molecule has 0 aliphatic carbocycles. The van der Waals surface area contributed by atoms with E-state index in [4.69, 9.17) is 14.5 Å². The van der Waals surface area contributed by atoms with E-state index in [1.807, 2.05) is 60.7 Å². The summed E-state index contributed by atoms with van der Waals surface area (Å²) >= 11 is 0. The first-order valence-electron chi connectivity index (χ1n) is 9.28. The van der Waals surface area contributed by atoms with Crippen molar-refractivity contribution >= 4 is 17.7 Å². The van der Waals surface area contributed by atoms with E-state index in [2.05, 4.69) is 0 Å². The molecule has 0 aliphatic heterocycles. The molecule has 5 nitrogen and oxygen atoms in total. The molecule has 5 heteroatoms. The van der Waals surface area contributed by atoms with Gasteiger partial charge < -0.3 is 9.47 Å². The Bertz CT molecular complexity index is 766. The Labute approximate surface area is 166 Å². The third kappa shape index (κ3) is 6.65. The lowest BCUT2D eigenvalue weighted by Crippen LogP contribution is -2.32. The number of carbonyl (C=O) groups excluding carboxylic acids is 2. The second-order valence-corrected chi connectivity index (χ2v) is 7.37. The number of rotatable bonds is 7. The van der Waals surface area contributed by atoms with Gasteiger partial charge in [-0.2, -0.15) is 0 Å². The maximum absolute atomic E-state index is 12.8. The van der Waals surface area contributed by atoms with Crippen molar-refractivity contribution in [2.45, 2.75) is 45.3 Å². The van der Waals surface area contributed by atoms with Gasteiger partial charge in [-0.15, -0.1) is 0 Å². The molecule has 0 N–H and O–H groups in total. The maximum Gasteiger partial charge on any atom is 0.331 e. The highest BCUT2D eigenvalue weighted by Crippen LogP contribution is 2.17. The zero-order valence-electron chi connectivity index (χ0n) is 16.8. The average Bonchev–Trinajstić information content (AvgIpc) is 2.67.